The summed E-state index contributed by atoms with van der Waals surface area (Å²) >= 11 is 1.22. The highest BCUT2D eigenvalue weighted by atomic mass is 32.1. The molecule has 3 aliphatic heterocycles. The summed E-state index contributed by atoms with van der Waals surface area (Å²) in [5.41, 5.74) is 4.66. The number of thiophene rings is 1. The summed E-state index contributed by atoms with van der Waals surface area (Å²) in [7, 11) is 0. The highest BCUT2D eigenvalue weighted by molar-refractivity contribution is 7.13. The van der Waals surface area contributed by atoms with Gasteiger partial charge in [-0.25, -0.2) is 19.2 Å². The zero-order valence-electron chi connectivity index (χ0n) is 17.2. The van der Waals surface area contributed by atoms with E-state index in [0.29, 0.717) is 10.4 Å². The van der Waals surface area contributed by atoms with Gasteiger partial charge in [0.05, 0.1) is 17.1 Å². The first kappa shape index (κ1) is 21.6. The Morgan fingerprint density at radius 1 is 0.853 bits per heavy atom. The van der Waals surface area contributed by atoms with Gasteiger partial charge in [0, 0.05) is 29.9 Å². The molecule has 0 radical (unpaired) electrons. The van der Waals surface area contributed by atoms with Crippen LogP contribution in [0.1, 0.15) is 10.4 Å². The third kappa shape index (κ3) is 3.27. The normalized spacial score (nSPS) is 24.1. The zero-order chi connectivity index (χ0) is 23.9. The maximum Gasteiger partial charge on any atom is 0.428 e. The molecule has 5 rings (SSSR count). The molecule has 2 aromatic rings. The zero-order valence-corrected chi connectivity index (χ0v) is 18.0. The SMILES string of the molecule is NCC12OC(=O)/C=C\C(=O)ON1c1ccsc1C(c1ccccc1)=NC21OC(=O)C=CC(=O)O1. The van der Waals surface area contributed by atoms with Crippen molar-refractivity contribution in [1.29, 1.82) is 0 Å². The Hall–Kier alpha value is -4.29. The molecule has 4 heterocycles. The highest BCUT2D eigenvalue weighted by Gasteiger charge is 2.69. The van der Waals surface area contributed by atoms with Gasteiger partial charge in [0.15, 0.2) is 0 Å². The summed E-state index contributed by atoms with van der Waals surface area (Å²) in [4.78, 5) is 60.8. The maximum atomic E-state index is 12.6. The van der Waals surface area contributed by atoms with E-state index in [1.807, 2.05) is 0 Å². The second kappa shape index (κ2) is 7.93. The average molecular weight is 481 g/mol. The Morgan fingerprint density at radius 3 is 2.12 bits per heavy atom. The number of esters is 3. The van der Waals surface area contributed by atoms with Gasteiger partial charge in [0.25, 0.3) is 0 Å². The number of aliphatic imine (C=N–C) groups is 1. The molecule has 172 valence electrons. The number of hydrogen-bond acceptors (Lipinski definition) is 12. The van der Waals surface area contributed by atoms with Crippen molar-refractivity contribution in [3.05, 3.63) is 76.5 Å². The third-order valence-electron chi connectivity index (χ3n) is 5.12. The van der Waals surface area contributed by atoms with Crippen LogP contribution in [-0.2, 0) is 38.2 Å². The minimum Gasteiger partial charge on any atom is -0.420 e. The number of nitrogens with two attached hydrogens (primary N) is 1. The predicted molar refractivity (Wildman–Crippen MR) is 116 cm³/mol. The minimum atomic E-state index is -2.69. The fraction of sp³-hybridized carbons (Fsp3) is 0.136. The molecular weight excluding hydrogens is 466 g/mol. The number of fused-ring (bicyclic) bond motifs is 4. The Bertz CT molecular complexity index is 1280. The maximum absolute atomic E-state index is 12.6. The number of nitrogens with zero attached hydrogens (tertiary/aromatic N) is 2. The van der Waals surface area contributed by atoms with Crippen molar-refractivity contribution in [1.82, 2.24) is 0 Å². The van der Waals surface area contributed by atoms with E-state index < -0.39 is 42.1 Å². The van der Waals surface area contributed by atoms with Crippen LogP contribution in [-0.4, -0.2) is 47.8 Å². The molecule has 1 aromatic heterocycles. The van der Waals surface area contributed by atoms with Crippen LogP contribution >= 0.6 is 11.3 Å². The van der Waals surface area contributed by atoms with E-state index in [9.17, 15) is 19.2 Å². The fourth-order valence-electron chi connectivity index (χ4n) is 3.68. The Balaban J connectivity index is 1.88. The Kier molecular flexibility index (Phi) is 5.03. The van der Waals surface area contributed by atoms with Gasteiger partial charge in [-0.3, -0.25) is 0 Å². The van der Waals surface area contributed by atoms with Crippen molar-refractivity contribution >= 4 is 46.6 Å². The second-order valence-electron chi connectivity index (χ2n) is 7.17. The molecule has 0 saturated heterocycles. The molecule has 11 nitrogen and oxygen atoms in total. The van der Waals surface area contributed by atoms with Crippen molar-refractivity contribution in [2.45, 2.75) is 11.6 Å². The van der Waals surface area contributed by atoms with Crippen LogP contribution in [0.4, 0.5) is 5.69 Å². The van der Waals surface area contributed by atoms with E-state index >= 15 is 0 Å². The summed E-state index contributed by atoms with van der Waals surface area (Å²) in [6.07, 6.45) is 3.34. The number of anilines is 1. The van der Waals surface area contributed by atoms with E-state index in [1.54, 1.807) is 41.8 Å². The van der Waals surface area contributed by atoms with Crippen molar-refractivity contribution in [3.63, 3.8) is 0 Å². The van der Waals surface area contributed by atoms with E-state index in [-0.39, 0.29) is 11.4 Å². The largest absolute Gasteiger partial charge is 0.428 e. The van der Waals surface area contributed by atoms with Gasteiger partial charge in [0.2, 0.25) is 0 Å². The van der Waals surface area contributed by atoms with Gasteiger partial charge >= 0.3 is 35.5 Å². The van der Waals surface area contributed by atoms with Gasteiger partial charge in [0.1, 0.15) is 5.69 Å². The molecule has 3 aliphatic rings. The second-order valence-corrected chi connectivity index (χ2v) is 8.08. The topological polar surface area (TPSA) is 147 Å². The van der Waals surface area contributed by atoms with E-state index in [4.69, 9.17) is 24.8 Å². The van der Waals surface area contributed by atoms with Gasteiger partial charge in [-0.1, -0.05) is 30.3 Å². The molecule has 2 N–H and O–H groups in total. The van der Waals surface area contributed by atoms with Crippen molar-refractivity contribution in [2.75, 3.05) is 11.6 Å². The molecule has 0 bridgehead atoms. The molecule has 12 heteroatoms. The standard InChI is InChI=1S/C22H15N3O8S/c23-12-21-22(31-16(27)6-7-17(28)32-22)24-19(13-4-2-1-3-5-13)20-14(10-11-34-20)25(21)33-18(29)9-8-15(26)30-21/h1-11H,12,23H2/b9-8-. The highest BCUT2D eigenvalue weighted by Crippen LogP contribution is 2.46. The van der Waals surface area contributed by atoms with Gasteiger partial charge in [-0.05, 0) is 11.4 Å². The number of hydrogen-bond donors (Lipinski definition) is 1. The van der Waals surface area contributed by atoms with Crippen LogP contribution in [0.25, 0.3) is 0 Å². The van der Waals surface area contributed by atoms with Crippen LogP contribution in [0.5, 0.6) is 0 Å². The number of carbonyl (C=O) groups is 4. The van der Waals surface area contributed by atoms with Crippen LogP contribution < -0.4 is 10.8 Å². The molecule has 0 amide bonds. The molecule has 0 saturated carbocycles. The minimum absolute atomic E-state index is 0.215. The molecule has 1 atom stereocenters. The molecule has 0 fully saturated rings. The number of benzene rings is 1. The summed E-state index contributed by atoms with van der Waals surface area (Å²) in [6.45, 7) is -0.665. The van der Waals surface area contributed by atoms with E-state index in [1.165, 1.54) is 11.3 Å². The smallest absolute Gasteiger partial charge is 0.420 e. The number of ether oxygens (including phenoxy) is 3. The molecule has 34 heavy (non-hydrogen) atoms. The lowest BCUT2D eigenvalue weighted by atomic mass is 10.1. The number of hydroxylamine groups is 1. The molecule has 0 aliphatic carbocycles. The lowest BCUT2D eigenvalue weighted by Crippen LogP contribution is -2.72. The lowest BCUT2D eigenvalue weighted by molar-refractivity contribution is -0.298. The molecular formula is C22H15N3O8S. The van der Waals surface area contributed by atoms with Gasteiger partial charge in [-0.2, -0.15) is 4.99 Å². The Morgan fingerprint density at radius 2 is 1.47 bits per heavy atom. The van der Waals surface area contributed by atoms with Crippen LogP contribution in [0.3, 0.4) is 0 Å². The van der Waals surface area contributed by atoms with Gasteiger partial charge < -0.3 is 24.8 Å². The predicted octanol–water partition coefficient (Wildman–Crippen LogP) is 0.942. The summed E-state index contributed by atoms with van der Waals surface area (Å²) < 4.78 is 16.7. The molecule has 1 unspecified atom stereocenters. The summed E-state index contributed by atoms with van der Waals surface area (Å²) in [5.74, 6) is -6.73. The molecule has 1 aromatic carbocycles. The number of carbonyl (C=O) groups excluding carboxylic acids is 4. The van der Waals surface area contributed by atoms with Crippen molar-refractivity contribution < 1.29 is 38.2 Å². The molecule has 1 spiro atoms. The lowest BCUT2D eigenvalue weighted by Gasteiger charge is -2.46. The van der Waals surface area contributed by atoms with Crippen LogP contribution in [0.2, 0.25) is 0 Å². The number of rotatable bonds is 2. The van der Waals surface area contributed by atoms with E-state index in [2.05, 4.69) is 4.99 Å². The quantitative estimate of drug-likeness (QED) is 0.615. The first-order valence-corrected chi connectivity index (χ1v) is 10.8. The van der Waals surface area contributed by atoms with Crippen LogP contribution in [0, 0.1) is 0 Å². The van der Waals surface area contributed by atoms with E-state index in [0.717, 1.165) is 29.4 Å². The first-order valence-electron chi connectivity index (χ1n) is 9.88. The van der Waals surface area contributed by atoms with Gasteiger partial charge in [-0.15, -0.1) is 16.4 Å². The summed E-state index contributed by atoms with van der Waals surface area (Å²) in [6, 6.07) is 10.3. The monoisotopic (exact) mass is 481 g/mol. The van der Waals surface area contributed by atoms with Crippen molar-refractivity contribution in [3.8, 4) is 0 Å². The van der Waals surface area contributed by atoms with Crippen molar-refractivity contribution in [2.24, 2.45) is 10.7 Å². The first-order chi connectivity index (χ1) is 16.4. The summed E-state index contributed by atoms with van der Waals surface area (Å²) in [5, 5.41) is 2.56. The Labute approximate surface area is 195 Å². The van der Waals surface area contributed by atoms with Crippen LogP contribution in [0.15, 0.2) is 71.1 Å². The third-order valence-corrected chi connectivity index (χ3v) is 6.03. The fourth-order valence-corrected chi connectivity index (χ4v) is 4.56. The average Bonchev–Trinajstić information content (AvgIpc) is 3.22.